The molecule has 1 aromatic carbocycles. The average Bonchev–Trinajstić information content (AvgIpc) is 2.26. The molecule has 0 aliphatic carbocycles. The fraction of sp³-hybridized carbons (Fsp3) is 0.182. The van der Waals surface area contributed by atoms with E-state index >= 15 is 0 Å². The quantitative estimate of drug-likeness (QED) is 0.516. The van der Waals surface area contributed by atoms with Gasteiger partial charge in [0.1, 0.15) is 11.6 Å². The van der Waals surface area contributed by atoms with Gasteiger partial charge in [-0.15, -0.1) is 0 Å². The fourth-order valence-electron chi connectivity index (χ4n) is 0.947. The maximum atomic E-state index is 12.9. The highest BCUT2D eigenvalue weighted by Crippen LogP contribution is 2.17. The summed E-state index contributed by atoms with van der Waals surface area (Å²) >= 11 is 0. The van der Waals surface area contributed by atoms with Crippen LogP contribution in [0.15, 0.2) is 18.2 Å². The molecule has 0 unspecified atom stereocenters. The Morgan fingerprint density at radius 3 is 2.73 bits per heavy atom. The smallest absolute Gasteiger partial charge is 0.384 e. The fourth-order valence-corrected chi connectivity index (χ4v) is 0.947. The number of rotatable bonds is 1. The van der Waals surface area contributed by atoms with Crippen LogP contribution in [0, 0.1) is 17.7 Å². The van der Waals surface area contributed by atoms with Gasteiger partial charge in [0.2, 0.25) is 0 Å². The molecule has 3 nitrogen and oxygen atoms in total. The first-order chi connectivity index (χ1) is 7.17. The molecule has 4 heteroatoms. The van der Waals surface area contributed by atoms with Crippen LogP contribution in [0.3, 0.4) is 0 Å². The average molecular weight is 208 g/mol. The molecule has 0 atom stereocenters. The molecule has 15 heavy (non-hydrogen) atoms. The van der Waals surface area contributed by atoms with Crippen molar-refractivity contribution in [2.24, 2.45) is 0 Å². The Bertz CT molecular complexity index is 429. The maximum Gasteiger partial charge on any atom is 0.384 e. The number of carbonyl (C=O) groups excluding carboxylic acids is 1. The molecule has 0 spiro atoms. The second kappa shape index (κ2) is 5.01. The van der Waals surface area contributed by atoms with Crippen molar-refractivity contribution in [2.75, 3.05) is 14.2 Å². The number of benzene rings is 1. The minimum atomic E-state index is -0.679. The van der Waals surface area contributed by atoms with Gasteiger partial charge in [-0.25, -0.2) is 9.18 Å². The van der Waals surface area contributed by atoms with Gasteiger partial charge in [-0.05, 0) is 18.2 Å². The van der Waals surface area contributed by atoms with E-state index in [2.05, 4.69) is 16.6 Å². The van der Waals surface area contributed by atoms with E-state index in [0.717, 1.165) is 0 Å². The van der Waals surface area contributed by atoms with Gasteiger partial charge in [0.25, 0.3) is 0 Å². The molecule has 0 saturated carbocycles. The molecule has 0 aliphatic heterocycles. The van der Waals surface area contributed by atoms with Crippen LogP contribution in [0.1, 0.15) is 5.56 Å². The van der Waals surface area contributed by atoms with Crippen molar-refractivity contribution in [3.05, 3.63) is 29.6 Å². The van der Waals surface area contributed by atoms with Crippen molar-refractivity contribution < 1.29 is 18.7 Å². The van der Waals surface area contributed by atoms with E-state index in [-0.39, 0.29) is 0 Å². The predicted octanol–water partition coefficient (Wildman–Crippen LogP) is 1.36. The topological polar surface area (TPSA) is 35.5 Å². The standard InChI is InChI=1S/C11H9FO3/c1-14-10-5-4-9(12)7-8(10)3-6-11(13)15-2/h4-5,7H,1-2H3. The van der Waals surface area contributed by atoms with Crippen LogP contribution in [-0.2, 0) is 9.53 Å². The van der Waals surface area contributed by atoms with Gasteiger partial charge in [0.15, 0.2) is 0 Å². The van der Waals surface area contributed by atoms with Crippen LogP contribution < -0.4 is 4.74 Å². The van der Waals surface area contributed by atoms with E-state index in [0.29, 0.717) is 11.3 Å². The lowest BCUT2D eigenvalue weighted by Gasteiger charge is -2.01. The monoisotopic (exact) mass is 208 g/mol. The van der Waals surface area contributed by atoms with Gasteiger partial charge in [0.05, 0.1) is 19.8 Å². The number of ether oxygens (including phenoxy) is 2. The Kier molecular flexibility index (Phi) is 3.69. The molecule has 0 radical (unpaired) electrons. The molecule has 0 aliphatic rings. The second-order valence-corrected chi connectivity index (χ2v) is 2.59. The zero-order chi connectivity index (χ0) is 11.3. The van der Waals surface area contributed by atoms with Crippen molar-refractivity contribution in [1.29, 1.82) is 0 Å². The third-order valence-corrected chi connectivity index (χ3v) is 1.65. The molecule has 0 heterocycles. The molecular formula is C11H9FO3. The first-order valence-corrected chi connectivity index (χ1v) is 4.11. The lowest BCUT2D eigenvalue weighted by molar-refractivity contribution is -0.133. The summed E-state index contributed by atoms with van der Waals surface area (Å²) in [5.74, 6) is 3.95. The van der Waals surface area contributed by atoms with E-state index < -0.39 is 11.8 Å². The van der Waals surface area contributed by atoms with Crippen molar-refractivity contribution in [3.63, 3.8) is 0 Å². The summed E-state index contributed by atoms with van der Waals surface area (Å²) in [5.41, 5.74) is 0.308. The Morgan fingerprint density at radius 2 is 2.13 bits per heavy atom. The zero-order valence-corrected chi connectivity index (χ0v) is 8.33. The summed E-state index contributed by atoms with van der Waals surface area (Å²) < 4.78 is 22.1. The maximum absolute atomic E-state index is 12.9. The SMILES string of the molecule is COC(=O)C#Cc1cc(F)ccc1OC. The van der Waals surface area contributed by atoms with Gasteiger partial charge in [-0.1, -0.05) is 5.92 Å². The van der Waals surface area contributed by atoms with Crippen LogP contribution >= 0.6 is 0 Å². The molecular weight excluding hydrogens is 199 g/mol. The normalized spacial score (nSPS) is 8.73. The first kappa shape index (κ1) is 11.1. The van der Waals surface area contributed by atoms with Crippen LogP contribution in [-0.4, -0.2) is 20.2 Å². The third kappa shape index (κ3) is 2.99. The molecule has 1 aromatic rings. The third-order valence-electron chi connectivity index (χ3n) is 1.65. The summed E-state index contributed by atoms with van der Waals surface area (Å²) in [6.07, 6.45) is 0. The Hall–Kier alpha value is -2.02. The molecule has 0 saturated heterocycles. The minimum absolute atomic E-state index is 0.308. The number of esters is 1. The number of hydrogen-bond acceptors (Lipinski definition) is 3. The Morgan fingerprint density at radius 1 is 1.40 bits per heavy atom. The van der Waals surface area contributed by atoms with Gasteiger partial charge in [0, 0.05) is 5.92 Å². The zero-order valence-electron chi connectivity index (χ0n) is 8.33. The van der Waals surface area contributed by atoms with Crippen LogP contribution in [0.4, 0.5) is 4.39 Å². The summed E-state index contributed by atoms with van der Waals surface area (Å²) in [6, 6.07) is 3.88. The van der Waals surface area contributed by atoms with E-state index in [9.17, 15) is 9.18 Å². The molecule has 0 amide bonds. The van der Waals surface area contributed by atoms with E-state index in [1.807, 2.05) is 0 Å². The molecule has 0 bridgehead atoms. The highest BCUT2D eigenvalue weighted by molar-refractivity contribution is 5.89. The van der Waals surface area contributed by atoms with E-state index in [1.165, 1.54) is 32.4 Å². The highest BCUT2D eigenvalue weighted by atomic mass is 19.1. The number of methoxy groups -OCH3 is 2. The molecule has 1 rings (SSSR count). The number of carbonyl (C=O) groups is 1. The number of hydrogen-bond donors (Lipinski definition) is 0. The van der Waals surface area contributed by atoms with E-state index in [4.69, 9.17) is 4.74 Å². The van der Waals surface area contributed by atoms with Crippen molar-refractivity contribution >= 4 is 5.97 Å². The van der Waals surface area contributed by atoms with E-state index in [1.54, 1.807) is 0 Å². The lowest BCUT2D eigenvalue weighted by Crippen LogP contribution is -1.95. The van der Waals surface area contributed by atoms with Gasteiger partial charge < -0.3 is 9.47 Å². The molecule has 78 valence electrons. The summed E-state index contributed by atoms with van der Waals surface area (Å²) in [4.78, 5) is 10.7. The summed E-state index contributed by atoms with van der Waals surface area (Å²) in [5, 5.41) is 0. The van der Waals surface area contributed by atoms with Gasteiger partial charge in [-0.3, -0.25) is 0 Å². The summed E-state index contributed by atoms with van der Waals surface area (Å²) in [7, 11) is 2.66. The van der Waals surface area contributed by atoms with Gasteiger partial charge >= 0.3 is 5.97 Å². The minimum Gasteiger partial charge on any atom is -0.495 e. The lowest BCUT2D eigenvalue weighted by atomic mass is 10.2. The molecule has 0 aromatic heterocycles. The largest absolute Gasteiger partial charge is 0.495 e. The highest BCUT2D eigenvalue weighted by Gasteiger charge is 2.01. The van der Waals surface area contributed by atoms with Crippen molar-refractivity contribution in [2.45, 2.75) is 0 Å². The van der Waals surface area contributed by atoms with Crippen LogP contribution in [0.25, 0.3) is 0 Å². The molecule has 0 N–H and O–H groups in total. The molecule has 0 fully saturated rings. The predicted molar refractivity (Wildman–Crippen MR) is 51.8 cm³/mol. The second-order valence-electron chi connectivity index (χ2n) is 2.59. The van der Waals surface area contributed by atoms with Gasteiger partial charge in [-0.2, -0.15) is 0 Å². The first-order valence-electron chi connectivity index (χ1n) is 4.11. The Balaban J connectivity index is 3.05. The Labute approximate surface area is 86.8 Å². The van der Waals surface area contributed by atoms with Crippen molar-refractivity contribution in [3.8, 4) is 17.6 Å². The van der Waals surface area contributed by atoms with Crippen LogP contribution in [0.2, 0.25) is 0 Å². The summed E-state index contributed by atoms with van der Waals surface area (Å²) in [6.45, 7) is 0. The van der Waals surface area contributed by atoms with Crippen molar-refractivity contribution in [1.82, 2.24) is 0 Å². The van der Waals surface area contributed by atoms with Crippen LogP contribution in [0.5, 0.6) is 5.75 Å². The number of halogens is 1.